The van der Waals surface area contributed by atoms with Crippen molar-refractivity contribution < 1.29 is 27.3 Å². The number of nitrogens with zero attached hydrogens (tertiary/aromatic N) is 5. The number of nitrogens with one attached hydrogen (secondary N) is 3. The standard InChI is InChI=1S/C32H37FN8O6S2/c1-19-15-26(39-38-19)35-29-28(47-5)30(40-13-11-20(12-14-40)16-27(42)34-4)37-31(36-29)48-25-10-9-23(18-24(25)33)49(45,46)32(2,3)21-7-6-8-22(17-21)41(43)44/h6-10,15,17-18,20H,11-14,16H2,1-5H3,(H,34,42)(H2,35,36,37,38,39). The van der Waals surface area contributed by atoms with Crippen LogP contribution in [0.25, 0.3) is 0 Å². The van der Waals surface area contributed by atoms with E-state index in [1.54, 1.807) is 13.1 Å². The number of sulfone groups is 1. The van der Waals surface area contributed by atoms with Gasteiger partial charge in [-0.25, -0.2) is 22.8 Å². The summed E-state index contributed by atoms with van der Waals surface area (Å²) in [4.78, 5) is 33.9. The molecule has 1 aliphatic rings. The van der Waals surface area contributed by atoms with Crippen molar-refractivity contribution in [1.82, 2.24) is 25.5 Å². The van der Waals surface area contributed by atoms with Crippen molar-refractivity contribution in [3.05, 3.63) is 75.7 Å². The highest BCUT2D eigenvalue weighted by molar-refractivity contribution is 7.99. The molecule has 4 aromatic rings. The lowest BCUT2D eigenvalue weighted by Gasteiger charge is -2.33. The number of aromatic nitrogens is 4. The Morgan fingerprint density at radius 1 is 1.18 bits per heavy atom. The van der Waals surface area contributed by atoms with Crippen molar-refractivity contribution in [1.29, 1.82) is 0 Å². The van der Waals surface area contributed by atoms with Gasteiger partial charge in [-0.05, 0) is 75.1 Å². The smallest absolute Gasteiger partial charge is 0.269 e. The molecule has 5 rings (SSSR count). The van der Waals surface area contributed by atoms with Gasteiger partial charge in [-0.15, -0.1) is 0 Å². The van der Waals surface area contributed by atoms with Crippen LogP contribution in [0.2, 0.25) is 0 Å². The molecule has 0 radical (unpaired) electrons. The summed E-state index contributed by atoms with van der Waals surface area (Å²) in [7, 11) is -1.08. The summed E-state index contributed by atoms with van der Waals surface area (Å²) in [5.41, 5.74) is 0.765. The largest absolute Gasteiger partial charge is 0.490 e. The number of aryl methyl sites for hydroxylation is 1. The van der Waals surface area contributed by atoms with Gasteiger partial charge < -0.3 is 20.3 Å². The lowest BCUT2D eigenvalue weighted by Crippen LogP contribution is -2.36. The molecule has 0 atom stereocenters. The molecule has 260 valence electrons. The second-order valence-electron chi connectivity index (χ2n) is 12.1. The van der Waals surface area contributed by atoms with Crippen LogP contribution in [0.15, 0.2) is 63.5 Å². The Morgan fingerprint density at radius 3 is 2.53 bits per heavy atom. The first-order chi connectivity index (χ1) is 23.2. The van der Waals surface area contributed by atoms with Crippen LogP contribution >= 0.6 is 11.8 Å². The summed E-state index contributed by atoms with van der Waals surface area (Å²) in [6.07, 6.45) is 1.94. The maximum absolute atomic E-state index is 15.7. The molecular weight excluding hydrogens is 676 g/mol. The molecule has 3 heterocycles. The number of piperidine rings is 1. The summed E-state index contributed by atoms with van der Waals surface area (Å²) in [6, 6.07) is 10.7. The van der Waals surface area contributed by atoms with Crippen LogP contribution in [0.3, 0.4) is 0 Å². The molecule has 49 heavy (non-hydrogen) atoms. The average molecular weight is 713 g/mol. The zero-order valence-corrected chi connectivity index (χ0v) is 29.2. The van der Waals surface area contributed by atoms with Crippen molar-refractivity contribution in [2.45, 2.75) is 59.7 Å². The third kappa shape index (κ3) is 7.62. The topological polar surface area (TPSA) is 185 Å². The van der Waals surface area contributed by atoms with Crippen LogP contribution in [0.4, 0.5) is 27.5 Å². The third-order valence-electron chi connectivity index (χ3n) is 8.49. The van der Waals surface area contributed by atoms with E-state index in [1.807, 2.05) is 11.8 Å². The van der Waals surface area contributed by atoms with Crippen molar-refractivity contribution in [3.8, 4) is 5.75 Å². The fourth-order valence-corrected chi connectivity index (χ4v) is 7.83. The number of amides is 1. The number of hydrogen-bond donors (Lipinski definition) is 3. The zero-order valence-electron chi connectivity index (χ0n) is 27.6. The monoisotopic (exact) mass is 712 g/mol. The minimum absolute atomic E-state index is 0.00835. The van der Waals surface area contributed by atoms with Crippen LogP contribution in [0.1, 0.15) is 44.4 Å². The van der Waals surface area contributed by atoms with E-state index in [4.69, 9.17) is 9.72 Å². The van der Waals surface area contributed by atoms with Gasteiger partial charge in [0.1, 0.15) is 5.82 Å². The third-order valence-corrected chi connectivity index (χ3v) is 11.9. The molecule has 1 aliphatic heterocycles. The number of nitro benzene ring substituents is 1. The van der Waals surface area contributed by atoms with Gasteiger partial charge in [0.05, 0.1) is 26.6 Å². The van der Waals surface area contributed by atoms with Gasteiger partial charge in [-0.2, -0.15) is 5.10 Å². The van der Waals surface area contributed by atoms with E-state index < -0.39 is 25.3 Å². The first kappa shape index (κ1) is 35.5. The van der Waals surface area contributed by atoms with Gasteiger partial charge in [0, 0.05) is 50.5 Å². The maximum Gasteiger partial charge on any atom is 0.269 e. The normalized spacial score (nSPS) is 14.0. The molecule has 1 amide bonds. The number of halogens is 1. The van der Waals surface area contributed by atoms with Gasteiger partial charge >= 0.3 is 0 Å². The Hall–Kier alpha value is -4.77. The molecule has 0 bridgehead atoms. The molecule has 3 N–H and O–H groups in total. The summed E-state index contributed by atoms with van der Waals surface area (Å²) in [5, 5.41) is 24.4. The van der Waals surface area contributed by atoms with Crippen LogP contribution in [-0.4, -0.2) is 66.7 Å². The van der Waals surface area contributed by atoms with Crippen LogP contribution in [-0.2, 0) is 19.4 Å². The number of benzene rings is 2. The number of carbonyl (C=O) groups excluding carboxylic acids is 1. The number of hydrogen-bond acceptors (Lipinski definition) is 12. The lowest BCUT2D eigenvalue weighted by atomic mass is 9.93. The highest BCUT2D eigenvalue weighted by atomic mass is 32.2. The minimum Gasteiger partial charge on any atom is -0.490 e. The Labute approximate surface area is 287 Å². The molecule has 17 heteroatoms. The van der Waals surface area contributed by atoms with Crippen molar-refractivity contribution in [3.63, 3.8) is 0 Å². The van der Waals surface area contributed by atoms with E-state index in [9.17, 15) is 23.3 Å². The van der Waals surface area contributed by atoms with Gasteiger partial charge in [0.25, 0.3) is 5.69 Å². The number of rotatable bonds is 12. The Morgan fingerprint density at radius 2 is 1.92 bits per heavy atom. The number of methoxy groups -OCH3 is 1. The molecule has 0 aliphatic carbocycles. The number of aromatic amines is 1. The summed E-state index contributed by atoms with van der Waals surface area (Å²) < 4.78 is 47.4. The molecule has 2 aromatic carbocycles. The number of ether oxygens (including phenoxy) is 1. The van der Waals surface area contributed by atoms with Crippen LogP contribution < -0.4 is 20.3 Å². The lowest BCUT2D eigenvalue weighted by molar-refractivity contribution is -0.384. The van der Waals surface area contributed by atoms with Crippen molar-refractivity contribution >= 4 is 50.6 Å². The minimum atomic E-state index is -4.20. The zero-order chi connectivity index (χ0) is 35.5. The van der Waals surface area contributed by atoms with Crippen LogP contribution in [0.5, 0.6) is 5.75 Å². The van der Waals surface area contributed by atoms with Crippen molar-refractivity contribution in [2.75, 3.05) is 37.5 Å². The number of nitro groups is 1. The predicted octanol–water partition coefficient (Wildman–Crippen LogP) is 5.52. The Kier molecular flexibility index (Phi) is 10.4. The average Bonchev–Trinajstić information content (AvgIpc) is 3.49. The molecule has 2 aromatic heterocycles. The fourth-order valence-electron chi connectivity index (χ4n) is 5.54. The van der Waals surface area contributed by atoms with Gasteiger partial charge in [-0.1, -0.05) is 12.1 Å². The van der Waals surface area contributed by atoms with E-state index >= 15 is 4.39 Å². The number of carbonyl (C=O) groups is 1. The molecule has 14 nitrogen and oxygen atoms in total. The highest BCUT2D eigenvalue weighted by Gasteiger charge is 2.39. The van der Waals surface area contributed by atoms with E-state index in [0.29, 0.717) is 42.7 Å². The molecule has 0 saturated carbocycles. The Bertz CT molecular complexity index is 1980. The maximum atomic E-state index is 15.7. The molecular formula is C32H37FN8O6S2. The molecule has 1 fully saturated rings. The van der Waals surface area contributed by atoms with Gasteiger partial charge in [0.15, 0.2) is 32.4 Å². The predicted molar refractivity (Wildman–Crippen MR) is 183 cm³/mol. The first-order valence-corrected chi connectivity index (χ1v) is 17.7. The number of anilines is 3. The van der Waals surface area contributed by atoms with Gasteiger partial charge in [-0.3, -0.25) is 20.0 Å². The van der Waals surface area contributed by atoms with Crippen LogP contribution in [0, 0.1) is 28.8 Å². The molecule has 0 unspecified atom stereocenters. The van der Waals surface area contributed by atoms with Crippen molar-refractivity contribution in [2.24, 2.45) is 5.92 Å². The summed E-state index contributed by atoms with van der Waals surface area (Å²) in [6.45, 7) is 5.89. The number of non-ortho nitro benzene ring substituents is 1. The van der Waals surface area contributed by atoms with E-state index in [2.05, 4.69) is 25.8 Å². The second kappa shape index (κ2) is 14.4. The van der Waals surface area contributed by atoms with E-state index in [1.165, 1.54) is 57.4 Å². The Balaban J connectivity index is 1.46. The van der Waals surface area contributed by atoms with E-state index in [-0.39, 0.29) is 38.0 Å². The SMILES string of the molecule is CNC(=O)CC1CCN(c2nc(Sc3ccc(S(=O)(=O)C(C)(C)c4cccc([N+](=O)[O-])c4)cc3F)nc(Nc3cc(C)[nH]n3)c2OC)CC1. The molecule has 0 spiro atoms. The summed E-state index contributed by atoms with van der Waals surface area (Å²) in [5.74, 6) is 1.01. The highest BCUT2D eigenvalue weighted by Crippen LogP contribution is 2.41. The summed E-state index contributed by atoms with van der Waals surface area (Å²) >= 11 is 0.911. The van der Waals surface area contributed by atoms with E-state index in [0.717, 1.165) is 36.4 Å². The van der Waals surface area contributed by atoms with Gasteiger partial charge in [0.2, 0.25) is 11.7 Å². The molecule has 1 saturated heterocycles. The number of H-pyrrole nitrogens is 1. The first-order valence-electron chi connectivity index (χ1n) is 15.4. The quantitative estimate of drug-likeness (QED) is 0.0951. The second-order valence-corrected chi connectivity index (χ2v) is 15.6. The fraction of sp³-hybridized carbons (Fsp3) is 0.375.